The summed E-state index contributed by atoms with van der Waals surface area (Å²) in [5.41, 5.74) is 9.50. The van der Waals surface area contributed by atoms with Crippen molar-refractivity contribution in [2.24, 2.45) is 5.73 Å². The van der Waals surface area contributed by atoms with Crippen LogP contribution in [-0.4, -0.2) is 9.78 Å². The molecule has 2 aromatic rings. The molecule has 17 heavy (non-hydrogen) atoms. The van der Waals surface area contributed by atoms with Crippen molar-refractivity contribution in [1.29, 1.82) is 0 Å². The summed E-state index contributed by atoms with van der Waals surface area (Å²) in [6.07, 6.45) is 2.47. The smallest absolute Gasteiger partial charge is 0.105 e. The van der Waals surface area contributed by atoms with Gasteiger partial charge in [-0.2, -0.15) is 5.10 Å². The van der Waals surface area contributed by atoms with E-state index < -0.39 is 0 Å². The largest absolute Gasteiger partial charge is 0.469 e. The molecule has 0 fully saturated rings. The Morgan fingerprint density at radius 1 is 1.47 bits per heavy atom. The summed E-state index contributed by atoms with van der Waals surface area (Å²) >= 11 is 0. The number of aromatic nitrogens is 2. The van der Waals surface area contributed by atoms with Crippen molar-refractivity contribution in [2.75, 3.05) is 0 Å². The fraction of sp³-hybridized carbons (Fsp3) is 0.462. The van der Waals surface area contributed by atoms with Crippen molar-refractivity contribution in [1.82, 2.24) is 9.78 Å². The molecule has 0 aliphatic carbocycles. The maximum absolute atomic E-state index is 6.20. The number of nitrogens with zero attached hydrogens (tertiary/aromatic N) is 2. The van der Waals surface area contributed by atoms with Gasteiger partial charge in [-0.25, -0.2) is 0 Å². The van der Waals surface area contributed by atoms with Gasteiger partial charge in [-0.15, -0.1) is 0 Å². The first-order valence-corrected chi connectivity index (χ1v) is 5.94. The minimum atomic E-state index is -0.0323. The van der Waals surface area contributed by atoms with E-state index in [4.69, 9.17) is 10.2 Å². The zero-order valence-electron chi connectivity index (χ0n) is 10.6. The van der Waals surface area contributed by atoms with E-state index in [-0.39, 0.29) is 6.04 Å². The van der Waals surface area contributed by atoms with Crippen molar-refractivity contribution in [2.45, 2.75) is 39.8 Å². The van der Waals surface area contributed by atoms with Crippen molar-refractivity contribution >= 4 is 0 Å². The Kier molecular flexibility index (Phi) is 3.33. The molecule has 1 atom stereocenters. The molecule has 2 rings (SSSR count). The highest BCUT2D eigenvalue weighted by atomic mass is 16.3. The van der Waals surface area contributed by atoms with Crippen molar-refractivity contribution in [3.05, 3.63) is 41.1 Å². The number of rotatable bonds is 4. The third-order valence-corrected chi connectivity index (χ3v) is 3.01. The van der Waals surface area contributed by atoms with Crippen LogP contribution >= 0.6 is 0 Å². The van der Waals surface area contributed by atoms with Crippen LogP contribution in [0.5, 0.6) is 0 Å². The molecule has 0 saturated carbocycles. The van der Waals surface area contributed by atoms with E-state index in [2.05, 4.69) is 18.1 Å². The summed E-state index contributed by atoms with van der Waals surface area (Å²) < 4.78 is 7.29. The Balaban J connectivity index is 2.18. The molecule has 4 nitrogen and oxygen atoms in total. The first kappa shape index (κ1) is 11.9. The maximum Gasteiger partial charge on any atom is 0.105 e. The Labute approximate surface area is 101 Å². The van der Waals surface area contributed by atoms with Crippen LogP contribution in [0.4, 0.5) is 0 Å². The molecule has 0 aromatic carbocycles. The zero-order valence-corrected chi connectivity index (χ0v) is 10.6. The average Bonchev–Trinajstić information content (AvgIpc) is 2.84. The normalized spacial score (nSPS) is 12.9. The molecule has 0 aliphatic heterocycles. The molecular weight excluding hydrogens is 214 g/mol. The fourth-order valence-corrected chi connectivity index (χ4v) is 2.15. The van der Waals surface area contributed by atoms with Crippen LogP contribution in [0.2, 0.25) is 0 Å². The van der Waals surface area contributed by atoms with E-state index in [0.29, 0.717) is 0 Å². The van der Waals surface area contributed by atoms with E-state index >= 15 is 0 Å². The van der Waals surface area contributed by atoms with E-state index in [1.165, 1.54) is 5.69 Å². The Morgan fingerprint density at radius 3 is 2.82 bits per heavy atom. The molecule has 1 unspecified atom stereocenters. The first-order chi connectivity index (χ1) is 8.11. The van der Waals surface area contributed by atoms with E-state index in [1.807, 2.05) is 24.6 Å². The van der Waals surface area contributed by atoms with Crippen LogP contribution in [0, 0.1) is 13.8 Å². The summed E-state index contributed by atoms with van der Waals surface area (Å²) in [6.45, 7) is 6.91. The minimum Gasteiger partial charge on any atom is -0.469 e. The van der Waals surface area contributed by atoms with Gasteiger partial charge in [0, 0.05) is 30.3 Å². The summed E-state index contributed by atoms with van der Waals surface area (Å²) in [6, 6.07) is 4.01. The van der Waals surface area contributed by atoms with Crippen LogP contribution in [-0.2, 0) is 13.0 Å². The molecule has 0 radical (unpaired) electrons. The molecule has 0 spiro atoms. The Bertz CT molecular complexity index is 498. The molecule has 2 heterocycles. The Morgan fingerprint density at radius 2 is 2.24 bits per heavy atom. The first-order valence-electron chi connectivity index (χ1n) is 5.94. The van der Waals surface area contributed by atoms with Gasteiger partial charge in [0.25, 0.3) is 0 Å². The quantitative estimate of drug-likeness (QED) is 0.882. The number of nitrogens with two attached hydrogens (primary N) is 1. The monoisotopic (exact) mass is 233 g/mol. The third-order valence-electron chi connectivity index (χ3n) is 3.01. The molecule has 0 bridgehead atoms. The minimum absolute atomic E-state index is 0.0323. The predicted molar refractivity (Wildman–Crippen MR) is 66.7 cm³/mol. The SMILES string of the molecule is CCn1nc(C)cc1CC(N)c1ccoc1C. The van der Waals surface area contributed by atoms with Crippen molar-refractivity contribution in [3.8, 4) is 0 Å². The molecular formula is C13H19N3O. The fourth-order valence-electron chi connectivity index (χ4n) is 2.15. The number of furan rings is 1. The Hall–Kier alpha value is -1.55. The molecule has 2 N–H and O–H groups in total. The second-order valence-electron chi connectivity index (χ2n) is 4.34. The van der Waals surface area contributed by atoms with E-state index in [1.54, 1.807) is 6.26 Å². The molecule has 2 aromatic heterocycles. The van der Waals surface area contributed by atoms with Crippen LogP contribution in [0.3, 0.4) is 0 Å². The lowest BCUT2D eigenvalue weighted by Crippen LogP contribution is -2.16. The molecule has 0 amide bonds. The second kappa shape index (κ2) is 4.75. The maximum atomic E-state index is 6.20. The highest BCUT2D eigenvalue weighted by Gasteiger charge is 2.14. The van der Waals surface area contributed by atoms with Crippen molar-refractivity contribution < 1.29 is 4.42 Å². The highest BCUT2D eigenvalue weighted by Crippen LogP contribution is 2.20. The summed E-state index contributed by atoms with van der Waals surface area (Å²) in [4.78, 5) is 0. The average molecular weight is 233 g/mol. The van der Waals surface area contributed by atoms with Crippen LogP contribution in [0.1, 0.15) is 35.7 Å². The number of aryl methyl sites for hydroxylation is 3. The second-order valence-corrected chi connectivity index (χ2v) is 4.34. The van der Waals surface area contributed by atoms with E-state index in [9.17, 15) is 0 Å². The standard InChI is InChI=1S/C13H19N3O/c1-4-16-11(7-9(2)15-16)8-13(14)12-5-6-17-10(12)3/h5-7,13H,4,8,14H2,1-3H3. The molecule has 0 saturated heterocycles. The summed E-state index contributed by atoms with van der Waals surface area (Å²) in [5.74, 6) is 0.900. The van der Waals surface area contributed by atoms with Gasteiger partial charge in [0.1, 0.15) is 5.76 Å². The lowest BCUT2D eigenvalue weighted by Gasteiger charge is -2.11. The number of hydrogen-bond acceptors (Lipinski definition) is 3. The van der Waals surface area contributed by atoms with Gasteiger partial charge in [0.15, 0.2) is 0 Å². The number of hydrogen-bond donors (Lipinski definition) is 1. The van der Waals surface area contributed by atoms with Crippen LogP contribution in [0.25, 0.3) is 0 Å². The molecule has 0 aliphatic rings. The van der Waals surface area contributed by atoms with Gasteiger partial charge in [0.2, 0.25) is 0 Å². The molecule has 4 heteroatoms. The summed E-state index contributed by atoms with van der Waals surface area (Å²) in [7, 11) is 0. The van der Waals surface area contributed by atoms with Gasteiger partial charge in [-0.05, 0) is 32.9 Å². The van der Waals surface area contributed by atoms with Crippen LogP contribution in [0.15, 0.2) is 22.8 Å². The zero-order chi connectivity index (χ0) is 12.4. The van der Waals surface area contributed by atoms with Gasteiger partial charge < -0.3 is 10.2 Å². The lowest BCUT2D eigenvalue weighted by atomic mass is 10.0. The van der Waals surface area contributed by atoms with Gasteiger partial charge in [0.05, 0.1) is 12.0 Å². The lowest BCUT2D eigenvalue weighted by molar-refractivity contribution is 0.520. The van der Waals surface area contributed by atoms with Crippen molar-refractivity contribution in [3.63, 3.8) is 0 Å². The van der Waals surface area contributed by atoms with E-state index in [0.717, 1.165) is 30.0 Å². The molecule has 92 valence electrons. The van der Waals surface area contributed by atoms with Gasteiger partial charge in [-0.1, -0.05) is 0 Å². The highest BCUT2D eigenvalue weighted by molar-refractivity contribution is 5.22. The van der Waals surface area contributed by atoms with Gasteiger partial charge >= 0.3 is 0 Å². The third kappa shape index (κ3) is 2.42. The van der Waals surface area contributed by atoms with Crippen LogP contribution < -0.4 is 5.73 Å². The van der Waals surface area contributed by atoms with Gasteiger partial charge in [-0.3, -0.25) is 4.68 Å². The predicted octanol–water partition coefficient (Wildman–Crippen LogP) is 2.36. The summed E-state index contributed by atoms with van der Waals surface area (Å²) in [5, 5.41) is 4.42. The topological polar surface area (TPSA) is 57.0 Å².